The minimum Gasteiger partial charge on any atom is -0.0702 e. The van der Waals surface area contributed by atoms with Crippen LogP contribution in [0, 0.1) is 5.92 Å². The second-order valence-electron chi connectivity index (χ2n) is 5.16. The summed E-state index contributed by atoms with van der Waals surface area (Å²) < 4.78 is 0. The molecule has 1 unspecified atom stereocenters. The van der Waals surface area contributed by atoms with Crippen LogP contribution in [0.25, 0.3) is 0 Å². The van der Waals surface area contributed by atoms with Gasteiger partial charge in [-0.3, -0.25) is 0 Å². The molecular formula is C17H32. The molecule has 0 amide bonds. The van der Waals surface area contributed by atoms with Crippen molar-refractivity contribution in [3.8, 4) is 0 Å². The Morgan fingerprint density at radius 3 is 2.06 bits per heavy atom. The van der Waals surface area contributed by atoms with E-state index in [0.29, 0.717) is 0 Å². The first-order valence-corrected chi connectivity index (χ1v) is 7.49. The van der Waals surface area contributed by atoms with Crippen LogP contribution in [0.5, 0.6) is 0 Å². The van der Waals surface area contributed by atoms with E-state index in [1.54, 1.807) is 16.7 Å². The van der Waals surface area contributed by atoms with Gasteiger partial charge in [0.15, 0.2) is 0 Å². The minimum absolute atomic E-state index is 0.737. The highest BCUT2D eigenvalue weighted by Gasteiger charge is 2.05. The maximum atomic E-state index is 2.47. The van der Waals surface area contributed by atoms with Crippen molar-refractivity contribution < 1.29 is 0 Å². The average Bonchev–Trinajstić information content (AvgIpc) is 2.33. The van der Waals surface area contributed by atoms with Crippen LogP contribution >= 0.6 is 0 Å². The summed E-state index contributed by atoms with van der Waals surface area (Å²) in [5.74, 6) is 0.737. The van der Waals surface area contributed by atoms with Crippen molar-refractivity contribution in [2.75, 3.05) is 0 Å². The van der Waals surface area contributed by atoms with Gasteiger partial charge in [0.2, 0.25) is 0 Å². The molecule has 0 saturated heterocycles. The molecule has 0 bridgehead atoms. The third-order valence-corrected chi connectivity index (χ3v) is 3.71. The van der Waals surface area contributed by atoms with Gasteiger partial charge in [0.25, 0.3) is 0 Å². The Morgan fingerprint density at radius 2 is 1.65 bits per heavy atom. The van der Waals surface area contributed by atoms with Crippen molar-refractivity contribution in [1.29, 1.82) is 0 Å². The molecule has 0 aliphatic carbocycles. The quantitative estimate of drug-likeness (QED) is 0.435. The van der Waals surface area contributed by atoms with Crippen molar-refractivity contribution in [1.82, 2.24) is 0 Å². The summed E-state index contributed by atoms with van der Waals surface area (Å²) in [6, 6.07) is 0. The fraction of sp³-hybridized carbons (Fsp3) is 0.765. The normalized spacial score (nSPS) is 15.8. The largest absolute Gasteiger partial charge is 0.0702 e. The predicted molar refractivity (Wildman–Crippen MR) is 80.3 cm³/mol. The van der Waals surface area contributed by atoms with Crippen LogP contribution in [0.1, 0.15) is 80.1 Å². The molecule has 0 aliphatic heterocycles. The average molecular weight is 236 g/mol. The van der Waals surface area contributed by atoms with E-state index in [1.165, 1.54) is 38.5 Å². The molecule has 0 aliphatic rings. The Morgan fingerprint density at radius 1 is 1.00 bits per heavy atom. The van der Waals surface area contributed by atoms with Crippen molar-refractivity contribution in [3.63, 3.8) is 0 Å². The summed E-state index contributed by atoms with van der Waals surface area (Å²) in [4.78, 5) is 0. The van der Waals surface area contributed by atoms with Gasteiger partial charge in [0.05, 0.1) is 0 Å². The molecule has 0 aromatic carbocycles. The SMILES string of the molecule is CCC/C(CC)=C(\C=C(\C)C(C)CCC)CC. The van der Waals surface area contributed by atoms with Gasteiger partial charge in [-0.05, 0) is 44.1 Å². The van der Waals surface area contributed by atoms with Gasteiger partial charge < -0.3 is 0 Å². The second kappa shape index (κ2) is 9.50. The molecule has 0 heterocycles. The van der Waals surface area contributed by atoms with Crippen molar-refractivity contribution >= 4 is 0 Å². The lowest BCUT2D eigenvalue weighted by Gasteiger charge is -2.14. The topological polar surface area (TPSA) is 0 Å². The molecular weight excluding hydrogens is 204 g/mol. The van der Waals surface area contributed by atoms with Crippen molar-refractivity contribution in [2.24, 2.45) is 5.92 Å². The number of hydrogen-bond acceptors (Lipinski definition) is 0. The fourth-order valence-corrected chi connectivity index (χ4v) is 2.40. The van der Waals surface area contributed by atoms with Crippen LogP contribution < -0.4 is 0 Å². The summed E-state index contributed by atoms with van der Waals surface area (Å²) in [6.07, 6.45) is 9.99. The third kappa shape index (κ3) is 6.10. The summed E-state index contributed by atoms with van der Waals surface area (Å²) in [5, 5.41) is 0. The molecule has 0 aromatic rings. The van der Waals surface area contributed by atoms with E-state index in [0.717, 1.165) is 5.92 Å². The zero-order valence-electron chi connectivity index (χ0n) is 12.9. The van der Waals surface area contributed by atoms with Crippen LogP contribution in [0.3, 0.4) is 0 Å². The molecule has 0 saturated carbocycles. The molecule has 1 atom stereocenters. The summed E-state index contributed by atoms with van der Waals surface area (Å²) in [5.41, 5.74) is 4.82. The highest BCUT2D eigenvalue weighted by Crippen LogP contribution is 2.23. The molecule has 17 heavy (non-hydrogen) atoms. The van der Waals surface area contributed by atoms with Gasteiger partial charge >= 0.3 is 0 Å². The number of hydrogen-bond donors (Lipinski definition) is 0. The molecule has 0 aromatic heterocycles. The van der Waals surface area contributed by atoms with Crippen LogP contribution in [-0.2, 0) is 0 Å². The Labute approximate surface area is 109 Å². The van der Waals surface area contributed by atoms with Crippen molar-refractivity contribution in [2.45, 2.75) is 80.1 Å². The lowest BCUT2D eigenvalue weighted by Crippen LogP contribution is -1.97. The molecule has 100 valence electrons. The minimum atomic E-state index is 0.737. The maximum Gasteiger partial charge on any atom is -0.0231 e. The maximum absolute atomic E-state index is 2.47. The molecule has 0 spiro atoms. The van der Waals surface area contributed by atoms with Crippen LogP contribution in [0.4, 0.5) is 0 Å². The van der Waals surface area contributed by atoms with E-state index in [1.807, 2.05) is 0 Å². The predicted octanol–water partition coefficient (Wildman–Crippen LogP) is 6.29. The van der Waals surface area contributed by atoms with E-state index in [-0.39, 0.29) is 0 Å². The zero-order chi connectivity index (χ0) is 13.3. The van der Waals surface area contributed by atoms with E-state index in [9.17, 15) is 0 Å². The monoisotopic (exact) mass is 236 g/mol. The number of rotatable bonds is 8. The summed E-state index contributed by atoms with van der Waals surface area (Å²) in [6.45, 7) is 13.8. The third-order valence-electron chi connectivity index (χ3n) is 3.71. The van der Waals surface area contributed by atoms with E-state index in [2.05, 4.69) is 47.6 Å². The molecule has 0 heteroatoms. The Kier molecular flexibility index (Phi) is 9.21. The molecule has 0 nitrogen and oxygen atoms in total. The van der Waals surface area contributed by atoms with Gasteiger partial charge in [-0.1, -0.05) is 64.7 Å². The number of allylic oxidation sites excluding steroid dienone is 4. The Balaban J connectivity index is 4.92. The highest BCUT2D eigenvalue weighted by atomic mass is 14.1. The lowest BCUT2D eigenvalue weighted by atomic mass is 9.92. The fourth-order valence-electron chi connectivity index (χ4n) is 2.40. The summed E-state index contributed by atoms with van der Waals surface area (Å²) in [7, 11) is 0. The molecule has 0 rings (SSSR count). The van der Waals surface area contributed by atoms with E-state index < -0.39 is 0 Å². The van der Waals surface area contributed by atoms with Gasteiger partial charge in [0, 0.05) is 0 Å². The molecule has 0 fully saturated rings. The lowest BCUT2D eigenvalue weighted by molar-refractivity contribution is 0.600. The first kappa shape index (κ1) is 16.5. The van der Waals surface area contributed by atoms with Gasteiger partial charge in [0.1, 0.15) is 0 Å². The zero-order valence-corrected chi connectivity index (χ0v) is 12.9. The first-order valence-electron chi connectivity index (χ1n) is 7.49. The molecule has 0 N–H and O–H groups in total. The van der Waals surface area contributed by atoms with Crippen LogP contribution in [-0.4, -0.2) is 0 Å². The van der Waals surface area contributed by atoms with E-state index in [4.69, 9.17) is 0 Å². The van der Waals surface area contributed by atoms with Gasteiger partial charge in [-0.15, -0.1) is 0 Å². The van der Waals surface area contributed by atoms with E-state index >= 15 is 0 Å². The van der Waals surface area contributed by atoms with Gasteiger partial charge in [-0.25, -0.2) is 0 Å². The standard InChI is InChI=1S/C17H32/c1-7-11-14(5)15(6)13-17(10-4)16(9-3)12-8-2/h13-14H,7-12H2,1-6H3/b15-13-,17-16-. The first-order chi connectivity index (χ1) is 8.10. The smallest absolute Gasteiger partial charge is 0.0231 e. The highest BCUT2D eigenvalue weighted by molar-refractivity contribution is 5.29. The van der Waals surface area contributed by atoms with Crippen molar-refractivity contribution in [3.05, 3.63) is 22.8 Å². The van der Waals surface area contributed by atoms with Crippen LogP contribution in [0.15, 0.2) is 22.8 Å². The molecule has 0 radical (unpaired) electrons. The van der Waals surface area contributed by atoms with Gasteiger partial charge in [-0.2, -0.15) is 0 Å². The second-order valence-corrected chi connectivity index (χ2v) is 5.16. The Hall–Kier alpha value is -0.520. The van der Waals surface area contributed by atoms with Crippen LogP contribution in [0.2, 0.25) is 0 Å². The summed E-state index contributed by atoms with van der Waals surface area (Å²) >= 11 is 0. The Bertz CT molecular complexity index is 255.